The average molecular weight is 480 g/mol. The second kappa shape index (κ2) is 11.6. The molecule has 0 fully saturated rings. The summed E-state index contributed by atoms with van der Waals surface area (Å²) < 4.78 is 53.6. The number of hydrogen-bond donors (Lipinski definition) is 0. The van der Waals surface area contributed by atoms with Crippen LogP contribution in [-0.2, 0) is 20.4 Å². The summed E-state index contributed by atoms with van der Waals surface area (Å²) in [4.78, 5) is 34.0. The summed E-state index contributed by atoms with van der Waals surface area (Å²) in [7, 11) is 1.27. The van der Waals surface area contributed by atoms with Crippen molar-refractivity contribution in [1.82, 2.24) is 0 Å². The van der Waals surface area contributed by atoms with E-state index in [9.17, 15) is 32.9 Å². The molecule has 0 spiro atoms. The Hall–Kier alpha value is -4.14. The first-order valence-electron chi connectivity index (χ1n) is 9.88. The van der Waals surface area contributed by atoms with Gasteiger partial charge in [-0.25, -0.2) is 4.79 Å². The van der Waals surface area contributed by atoms with Crippen LogP contribution in [0.25, 0.3) is 0 Å². The number of nitriles is 1. The zero-order chi connectivity index (χ0) is 25.3. The SMILES string of the molecule is COC(=O)CCCCCOC(=O)c1cc(Oc2ccc(C(F)(F)F)cc2C#N)ccc1[N+](=O)[O-]. The van der Waals surface area contributed by atoms with E-state index in [1.165, 1.54) is 7.11 Å². The zero-order valence-corrected chi connectivity index (χ0v) is 17.9. The van der Waals surface area contributed by atoms with E-state index in [0.29, 0.717) is 25.3 Å². The lowest BCUT2D eigenvalue weighted by Gasteiger charge is -2.12. The highest BCUT2D eigenvalue weighted by Gasteiger charge is 2.31. The lowest BCUT2D eigenvalue weighted by molar-refractivity contribution is -0.385. The monoisotopic (exact) mass is 480 g/mol. The molecule has 180 valence electrons. The fraction of sp³-hybridized carbons (Fsp3) is 0.318. The molecule has 0 N–H and O–H groups in total. The van der Waals surface area contributed by atoms with Crippen molar-refractivity contribution >= 4 is 17.6 Å². The number of carbonyl (C=O) groups excluding carboxylic acids is 2. The van der Waals surface area contributed by atoms with Gasteiger partial charge in [0.25, 0.3) is 5.69 Å². The van der Waals surface area contributed by atoms with Gasteiger partial charge in [-0.1, -0.05) is 0 Å². The Morgan fingerprint density at radius 3 is 2.47 bits per heavy atom. The molecular formula is C22H19F3N2O7. The van der Waals surface area contributed by atoms with Gasteiger partial charge in [0.2, 0.25) is 0 Å². The predicted octanol–water partition coefficient (Wildman–Crippen LogP) is 5.17. The molecule has 0 amide bonds. The average Bonchev–Trinajstić information content (AvgIpc) is 2.80. The molecule has 2 aromatic rings. The molecule has 0 radical (unpaired) electrons. The molecular weight excluding hydrogens is 461 g/mol. The number of hydrogen-bond acceptors (Lipinski definition) is 8. The van der Waals surface area contributed by atoms with Gasteiger partial charge in [-0.3, -0.25) is 14.9 Å². The topological polar surface area (TPSA) is 129 Å². The summed E-state index contributed by atoms with van der Waals surface area (Å²) in [5, 5.41) is 20.5. The van der Waals surface area contributed by atoms with Crippen LogP contribution in [0.15, 0.2) is 36.4 Å². The number of nitro groups is 1. The number of esters is 2. The van der Waals surface area contributed by atoms with Crippen LogP contribution in [0.5, 0.6) is 11.5 Å². The first kappa shape index (κ1) is 26.1. The molecule has 0 atom stereocenters. The molecule has 0 saturated heterocycles. The summed E-state index contributed by atoms with van der Waals surface area (Å²) >= 11 is 0. The molecule has 0 aliphatic rings. The number of nitrogens with zero attached hydrogens (tertiary/aromatic N) is 2. The third-order valence-corrected chi connectivity index (χ3v) is 4.53. The van der Waals surface area contributed by atoms with Crippen LogP contribution < -0.4 is 4.74 Å². The highest BCUT2D eigenvalue weighted by Crippen LogP contribution is 2.35. The van der Waals surface area contributed by atoms with E-state index in [0.717, 1.165) is 30.3 Å². The van der Waals surface area contributed by atoms with Gasteiger partial charge in [0, 0.05) is 18.6 Å². The fourth-order valence-electron chi connectivity index (χ4n) is 2.80. The molecule has 12 heteroatoms. The number of halogens is 3. The van der Waals surface area contributed by atoms with Crippen LogP contribution in [0.3, 0.4) is 0 Å². The Bertz CT molecular complexity index is 1110. The van der Waals surface area contributed by atoms with Gasteiger partial charge in [0.05, 0.1) is 29.8 Å². The third kappa shape index (κ3) is 7.19. The van der Waals surface area contributed by atoms with Crippen molar-refractivity contribution in [2.45, 2.75) is 31.9 Å². The highest BCUT2D eigenvalue weighted by atomic mass is 19.4. The zero-order valence-electron chi connectivity index (χ0n) is 17.9. The molecule has 0 saturated carbocycles. The summed E-state index contributed by atoms with van der Waals surface area (Å²) in [6, 6.07) is 7.00. The van der Waals surface area contributed by atoms with Crippen molar-refractivity contribution < 1.29 is 41.9 Å². The lowest BCUT2D eigenvalue weighted by Crippen LogP contribution is -2.10. The van der Waals surface area contributed by atoms with Gasteiger partial charge >= 0.3 is 18.1 Å². The number of methoxy groups -OCH3 is 1. The number of rotatable bonds is 10. The maximum Gasteiger partial charge on any atom is 0.416 e. The van der Waals surface area contributed by atoms with Crippen LogP contribution in [0.4, 0.5) is 18.9 Å². The minimum Gasteiger partial charge on any atom is -0.469 e. The number of alkyl halides is 3. The van der Waals surface area contributed by atoms with E-state index in [4.69, 9.17) is 14.7 Å². The minimum absolute atomic E-state index is 0.0558. The van der Waals surface area contributed by atoms with E-state index >= 15 is 0 Å². The number of carbonyl (C=O) groups is 2. The second-order valence-electron chi connectivity index (χ2n) is 6.88. The van der Waals surface area contributed by atoms with Crippen molar-refractivity contribution in [1.29, 1.82) is 5.26 Å². The van der Waals surface area contributed by atoms with Gasteiger partial charge in [0.1, 0.15) is 23.1 Å². The van der Waals surface area contributed by atoms with Gasteiger partial charge in [-0.2, -0.15) is 18.4 Å². The van der Waals surface area contributed by atoms with Crippen LogP contribution in [-0.4, -0.2) is 30.6 Å². The number of nitro benzene ring substituents is 1. The van der Waals surface area contributed by atoms with E-state index in [-0.39, 0.29) is 30.5 Å². The smallest absolute Gasteiger partial charge is 0.416 e. The first-order chi connectivity index (χ1) is 16.1. The molecule has 2 aromatic carbocycles. The normalized spacial score (nSPS) is 10.8. The van der Waals surface area contributed by atoms with Crippen LogP contribution in [0.1, 0.15) is 47.2 Å². The summed E-state index contributed by atoms with van der Waals surface area (Å²) in [6.07, 6.45) is -2.97. The molecule has 0 unspecified atom stereocenters. The van der Waals surface area contributed by atoms with Crippen LogP contribution >= 0.6 is 0 Å². The van der Waals surface area contributed by atoms with Crippen LogP contribution in [0, 0.1) is 21.4 Å². The third-order valence-electron chi connectivity index (χ3n) is 4.53. The Morgan fingerprint density at radius 2 is 1.85 bits per heavy atom. The fourth-order valence-corrected chi connectivity index (χ4v) is 2.80. The van der Waals surface area contributed by atoms with Crippen molar-refractivity contribution in [2.75, 3.05) is 13.7 Å². The minimum atomic E-state index is -4.66. The van der Waals surface area contributed by atoms with Crippen molar-refractivity contribution in [3.8, 4) is 17.6 Å². The van der Waals surface area contributed by atoms with E-state index in [1.807, 2.05) is 0 Å². The second-order valence-corrected chi connectivity index (χ2v) is 6.88. The van der Waals surface area contributed by atoms with E-state index < -0.39 is 39.4 Å². The van der Waals surface area contributed by atoms with Crippen molar-refractivity contribution in [3.05, 3.63) is 63.2 Å². The summed E-state index contributed by atoms with van der Waals surface area (Å²) in [5.41, 5.74) is -2.45. The van der Waals surface area contributed by atoms with Crippen LogP contribution in [0.2, 0.25) is 0 Å². The maximum atomic E-state index is 12.9. The predicted molar refractivity (Wildman–Crippen MR) is 110 cm³/mol. The lowest BCUT2D eigenvalue weighted by atomic mass is 10.1. The standard InChI is InChI=1S/C22H19F3N2O7/c1-32-20(28)5-3-2-4-10-33-21(29)17-12-16(7-8-18(17)27(30)31)34-19-9-6-15(22(23,24)25)11-14(19)13-26/h6-9,11-12H,2-5,10H2,1H3. The first-order valence-corrected chi connectivity index (χ1v) is 9.88. The summed E-state index contributed by atoms with van der Waals surface area (Å²) in [5.74, 6) is -1.71. The summed E-state index contributed by atoms with van der Waals surface area (Å²) in [6.45, 7) is -0.0558. The molecule has 2 rings (SSSR count). The van der Waals surface area contributed by atoms with Gasteiger partial charge in [0.15, 0.2) is 0 Å². The number of unbranched alkanes of at least 4 members (excludes halogenated alkanes) is 2. The van der Waals surface area contributed by atoms with Crippen molar-refractivity contribution in [2.24, 2.45) is 0 Å². The molecule has 0 aliphatic heterocycles. The highest BCUT2D eigenvalue weighted by molar-refractivity contribution is 5.94. The quantitative estimate of drug-likeness (QED) is 0.197. The molecule has 0 bridgehead atoms. The van der Waals surface area contributed by atoms with Crippen molar-refractivity contribution in [3.63, 3.8) is 0 Å². The molecule has 0 aromatic heterocycles. The Kier molecular flexibility index (Phi) is 8.94. The molecule has 0 aliphatic carbocycles. The maximum absolute atomic E-state index is 12.9. The van der Waals surface area contributed by atoms with Gasteiger partial charge in [-0.05, 0) is 43.5 Å². The number of ether oxygens (including phenoxy) is 3. The Balaban J connectivity index is 2.14. The molecule has 34 heavy (non-hydrogen) atoms. The Labute approximate surface area is 191 Å². The molecule has 9 nitrogen and oxygen atoms in total. The van der Waals surface area contributed by atoms with E-state index in [1.54, 1.807) is 6.07 Å². The van der Waals surface area contributed by atoms with Gasteiger partial charge < -0.3 is 14.2 Å². The Morgan fingerprint density at radius 1 is 1.12 bits per heavy atom. The van der Waals surface area contributed by atoms with E-state index in [2.05, 4.69) is 4.74 Å². The largest absolute Gasteiger partial charge is 0.469 e. The number of benzene rings is 2. The van der Waals surface area contributed by atoms with Gasteiger partial charge in [-0.15, -0.1) is 0 Å². The molecule has 0 heterocycles.